The number of nitrogens with zero attached hydrogens (tertiary/aromatic N) is 2. The molecule has 136 valence electrons. The van der Waals surface area contributed by atoms with Gasteiger partial charge in [0.05, 0.1) is 18.7 Å². The summed E-state index contributed by atoms with van der Waals surface area (Å²) in [6.45, 7) is 4.18. The second kappa shape index (κ2) is 8.91. The van der Waals surface area contributed by atoms with E-state index in [0.29, 0.717) is 50.5 Å². The maximum atomic E-state index is 12.8. The second-order valence-corrected chi connectivity index (χ2v) is 5.67. The molecule has 1 aliphatic heterocycles. The monoisotopic (exact) mass is 348 g/mol. The van der Waals surface area contributed by atoms with Crippen molar-refractivity contribution in [1.82, 2.24) is 15.1 Å². The van der Waals surface area contributed by atoms with Crippen molar-refractivity contribution in [2.24, 2.45) is 5.73 Å². The molecule has 3 N–H and O–H groups in total. The van der Waals surface area contributed by atoms with Gasteiger partial charge in [0.25, 0.3) is 5.91 Å². The van der Waals surface area contributed by atoms with E-state index < -0.39 is 6.03 Å². The van der Waals surface area contributed by atoms with Crippen LogP contribution < -0.4 is 15.8 Å². The molecular formula is C17H24N4O4. The van der Waals surface area contributed by atoms with Crippen LogP contribution in [-0.4, -0.2) is 67.0 Å². The minimum absolute atomic E-state index is 0.103. The van der Waals surface area contributed by atoms with Gasteiger partial charge < -0.3 is 25.6 Å². The number of benzene rings is 1. The molecule has 8 nitrogen and oxygen atoms in total. The van der Waals surface area contributed by atoms with Crippen molar-refractivity contribution in [1.29, 1.82) is 0 Å². The first kappa shape index (κ1) is 18.6. The third kappa shape index (κ3) is 5.10. The van der Waals surface area contributed by atoms with Crippen LogP contribution in [0, 0.1) is 0 Å². The highest BCUT2D eigenvalue weighted by Gasteiger charge is 2.24. The van der Waals surface area contributed by atoms with E-state index in [-0.39, 0.29) is 18.4 Å². The fraction of sp³-hybridized carbons (Fsp3) is 0.471. The number of rotatable bonds is 5. The Labute approximate surface area is 146 Å². The highest BCUT2D eigenvalue weighted by atomic mass is 16.5. The Bertz CT molecular complexity index is 635. The highest BCUT2D eigenvalue weighted by Crippen LogP contribution is 2.20. The number of carbonyl (C=O) groups is 3. The molecular weight excluding hydrogens is 324 g/mol. The summed E-state index contributed by atoms with van der Waals surface area (Å²) in [7, 11) is 0. The van der Waals surface area contributed by atoms with E-state index in [1.54, 1.807) is 28.0 Å². The maximum absolute atomic E-state index is 12.8. The largest absolute Gasteiger partial charge is 0.493 e. The topological polar surface area (TPSA) is 105 Å². The quantitative estimate of drug-likeness (QED) is 0.805. The number of nitrogens with one attached hydrogen (secondary N) is 1. The molecule has 1 aromatic rings. The molecule has 0 aliphatic carbocycles. The normalized spacial score (nSPS) is 14.6. The molecule has 0 bridgehead atoms. The average molecular weight is 348 g/mol. The van der Waals surface area contributed by atoms with Crippen LogP contribution in [0.3, 0.4) is 0 Å². The van der Waals surface area contributed by atoms with Gasteiger partial charge in [-0.25, -0.2) is 4.79 Å². The van der Waals surface area contributed by atoms with E-state index in [1.165, 1.54) is 0 Å². The molecule has 2 rings (SSSR count). The summed E-state index contributed by atoms with van der Waals surface area (Å²) < 4.78 is 5.53. The van der Waals surface area contributed by atoms with E-state index in [1.807, 2.05) is 13.0 Å². The van der Waals surface area contributed by atoms with Crippen LogP contribution >= 0.6 is 0 Å². The fourth-order valence-corrected chi connectivity index (χ4v) is 2.74. The number of amides is 4. The van der Waals surface area contributed by atoms with Gasteiger partial charge in [-0.05, 0) is 25.5 Å². The number of primary amides is 1. The first-order valence-corrected chi connectivity index (χ1v) is 8.35. The van der Waals surface area contributed by atoms with Crippen LogP contribution in [0.2, 0.25) is 0 Å². The Hall–Kier alpha value is -2.77. The minimum atomic E-state index is -0.729. The van der Waals surface area contributed by atoms with Gasteiger partial charge >= 0.3 is 6.03 Å². The van der Waals surface area contributed by atoms with Crippen LogP contribution in [0.25, 0.3) is 0 Å². The molecule has 8 heteroatoms. The van der Waals surface area contributed by atoms with Gasteiger partial charge in [0.15, 0.2) is 0 Å². The molecule has 4 amide bonds. The third-order valence-corrected chi connectivity index (χ3v) is 3.97. The number of ether oxygens (including phenoxy) is 1. The van der Waals surface area contributed by atoms with Crippen LogP contribution in [0.4, 0.5) is 4.79 Å². The van der Waals surface area contributed by atoms with E-state index in [0.717, 1.165) is 0 Å². The minimum Gasteiger partial charge on any atom is -0.493 e. The predicted octanol–water partition coefficient (Wildman–Crippen LogP) is 0.428. The van der Waals surface area contributed by atoms with Gasteiger partial charge in [0.2, 0.25) is 5.91 Å². The molecule has 0 unspecified atom stereocenters. The number of hydrogen-bond donors (Lipinski definition) is 2. The summed E-state index contributed by atoms with van der Waals surface area (Å²) in [4.78, 5) is 39.0. The Morgan fingerprint density at radius 2 is 1.80 bits per heavy atom. The lowest BCUT2D eigenvalue weighted by molar-refractivity contribution is -0.129. The van der Waals surface area contributed by atoms with Gasteiger partial charge in [-0.2, -0.15) is 0 Å². The highest BCUT2D eigenvalue weighted by molar-refractivity contribution is 5.97. The maximum Gasteiger partial charge on any atom is 0.312 e. The Balaban J connectivity index is 1.99. The van der Waals surface area contributed by atoms with Crippen LogP contribution in [0.5, 0.6) is 5.75 Å². The lowest BCUT2D eigenvalue weighted by Gasteiger charge is -2.23. The van der Waals surface area contributed by atoms with Gasteiger partial charge in [-0.15, -0.1) is 0 Å². The average Bonchev–Trinajstić information content (AvgIpc) is 2.86. The summed E-state index contributed by atoms with van der Waals surface area (Å²) in [5, 5.41) is 2.29. The summed E-state index contributed by atoms with van der Waals surface area (Å²) in [5.41, 5.74) is 5.51. The molecule has 0 radical (unpaired) electrons. The SMILES string of the molecule is CCOc1ccccc1C(=O)N1CCCN(C(=O)CNC(N)=O)CC1. The number of nitrogens with two attached hydrogens (primary N) is 1. The van der Waals surface area contributed by atoms with Gasteiger partial charge in [-0.1, -0.05) is 12.1 Å². The van der Waals surface area contributed by atoms with E-state index >= 15 is 0 Å². The van der Waals surface area contributed by atoms with Crippen molar-refractivity contribution in [3.63, 3.8) is 0 Å². The van der Waals surface area contributed by atoms with E-state index in [4.69, 9.17) is 10.5 Å². The van der Waals surface area contributed by atoms with Crippen LogP contribution in [0.1, 0.15) is 23.7 Å². The number of hydrogen-bond acceptors (Lipinski definition) is 4. The smallest absolute Gasteiger partial charge is 0.312 e. The van der Waals surface area contributed by atoms with Crippen LogP contribution in [-0.2, 0) is 4.79 Å². The summed E-state index contributed by atoms with van der Waals surface area (Å²) >= 11 is 0. The van der Waals surface area contributed by atoms with Crippen LogP contribution in [0.15, 0.2) is 24.3 Å². The predicted molar refractivity (Wildman–Crippen MR) is 92.3 cm³/mol. The van der Waals surface area contributed by atoms with Crippen molar-refractivity contribution >= 4 is 17.8 Å². The molecule has 25 heavy (non-hydrogen) atoms. The molecule has 1 aromatic carbocycles. The zero-order valence-corrected chi connectivity index (χ0v) is 14.4. The summed E-state index contributed by atoms with van der Waals surface area (Å²) in [6, 6.07) is 6.43. The molecule has 1 fully saturated rings. The van der Waals surface area contributed by atoms with E-state index in [2.05, 4.69) is 5.32 Å². The molecule has 0 atom stereocenters. The molecule has 1 aliphatic rings. The Morgan fingerprint density at radius 1 is 1.12 bits per heavy atom. The summed E-state index contributed by atoms with van der Waals surface area (Å²) in [5.74, 6) is 0.259. The van der Waals surface area contributed by atoms with E-state index in [9.17, 15) is 14.4 Å². The number of para-hydroxylation sites is 1. The number of carbonyl (C=O) groups excluding carboxylic acids is 3. The third-order valence-electron chi connectivity index (χ3n) is 3.97. The van der Waals surface area contributed by atoms with Crippen molar-refractivity contribution in [2.75, 3.05) is 39.3 Å². The second-order valence-electron chi connectivity index (χ2n) is 5.67. The lowest BCUT2D eigenvalue weighted by atomic mass is 10.1. The fourth-order valence-electron chi connectivity index (χ4n) is 2.74. The molecule has 0 spiro atoms. The Morgan fingerprint density at radius 3 is 2.52 bits per heavy atom. The summed E-state index contributed by atoms with van der Waals surface area (Å²) in [6.07, 6.45) is 0.671. The first-order valence-electron chi connectivity index (χ1n) is 8.35. The van der Waals surface area contributed by atoms with Crippen molar-refractivity contribution < 1.29 is 19.1 Å². The lowest BCUT2D eigenvalue weighted by Crippen LogP contribution is -2.43. The molecule has 0 aromatic heterocycles. The molecule has 1 heterocycles. The van der Waals surface area contributed by atoms with Gasteiger partial charge in [0.1, 0.15) is 5.75 Å². The van der Waals surface area contributed by atoms with Crippen molar-refractivity contribution in [3.8, 4) is 5.75 Å². The van der Waals surface area contributed by atoms with Gasteiger partial charge in [-0.3, -0.25) is 9.59 Å². The zero-order chi connectivity index (χ0) is 18.2. The Kier molecular flexibility index (Phi) is 6.62. The van der Waals surface area contributed by atoms with Crippen molar-refractivity contribution in [3.05, 3.63) is 29.8 Å². The molecule has 0 saturated carbocycles. The van der Waals surface area contributed by atoms with Gasteiger partial charge in [0, 0.05) is 26.2 Å². The van der Waals surface area contributed by atoms with Crippen molar-refractivity contribution in [2.45, 2.75) is 13.3 Å². The first-order chi connectivity index (χ1) is 12.0. The molecule has 1 saturated heterocycles. The number of urea groups is 1. The zero-order valence-electron chi connectivity index (χ0n) is 14.4. The standard InChI is InChI=1S/C17H24N4O4/c1-2-25-14-7-4-3-6-13(14)16(23)21-9-5-8-20(10-11-21)15(22)12-19-17(18)24/h3-4,6-7H,2,5,8-12H2,1H3,(H3,18,19,24).